The maximum atomic E-state index is 13.5. The first-order chi connectivity index (χ1) is 13.9. The van der Waals surface area contributed by atoms with Gasteiger partial charge in [-0.05, 0) is 56.7 Å². The molecular formula is C23H30N2O3S. The molecule has 0 aromatic heterocycles. The van der Waals surface area contributed by atoms with Gasteiger partial charge in [-0.3, -0.25) is 4.79 Å². The fraction of sp³-hybridized carbons (Fsp3) is 0.435. The molecule has 2 atom stereocenters. The van der Waals surface area contributed by atoms with Crippen molar-refractivity contribution in [2.45, 2.75) is 62.9 Å². The van der Waals surface area contributed by atoms with E-state index >= 15 is 0 Å². The standard InChI is InChI=1S/C23H30N2O3S/c1-18-11-13-23(14-12-18)29(27,28)25(16-15-20-7-4-3-5-8-20)22-10-6-9-21(17-22)24-19(2)26/h3-5,7-8,11-14,21-22H,6,9-10,15-17H2,1-2H3,(H,24,26)/t21-,22+/m1/s1. The van der Waals surface area contributed by atoms with Gasteiger partial charge >= 0.3 is 0 Å². The molecule has 0 unspecified atom stereocenters. The quantitative estimate of drug-likeness (QED) is 0.752. The number of carbonyl (C=O) groups is 1. The van der Waals surface area contributed by atoms with Crippen molar-refractivity contribution in [2.75, 3.05) is 6.54 Å². The van der Waals surface area contributed by atoms with Crippen LogP contribution >= 0.6 is 0 Å². The molecule has 2 aromatic carbocycles. The zero-order valence-corrected chi connectivity index (χ0v) is 18.0. The Labute approximate surface area is 174 Å². The summed E-state index contributed by atoms with van der Waals surface area (Å²) in [5, 5.41) is 2.98. The Kier molecular flexibility index (Phi) is 7.09. The van der Waals surface area contributed by atoms with Crippen molar-refractivity contribution in [3.63, 3.8) is 0 Å². The Morgan fingerprint density at radius 1 is 1.07 bits per heavy atom. The molecule has 2 aromatic rings. The Morgan fingerprint density at radius 3 is 2.41 bits per heavy atom. The fourth-order valence-electron chi connectivity index (χ4n) is 4.07. The summed E-state index contributed by atoms with van der Waals surface area (Å²) in [5.41, 5.74) is 2.15. The van der Waals surface area contributed by atoms with Crippen molar-refractivity contribution in [3.05, 3.63) is 65.7 Å². The number of amides is 1. The molecule has 1 aliphatic carbocycles. The topological polar surface area (TPSA) is 66.5 Å². The van der Waals surface area contributed by atoms with Crippen LogP contribution in [0.1, 0.15) is 43.7 Å². The number of nitrogens with zero attached hydrogens (tertiary/aromatic N) is 1. The average Bonchev–Trinajstić information content (AvgIpc) is 2.69. The van der Waals surface area contributed by atoms with Crippen LogP contribution in [0.25, 0.3) is 0 Å². The minimum atomic E-state index is -3.62. The van der Waals surface area contributed by atoms with E-state index in [0.29, 0.717) is 24.3 Å². The molecule has 1 fully saturated rings. The third kappa shape index (κ3) is 5.67. The van der Waals surface area contributed by atoms with Gasteiger partial charge < -0.3 is 5.32 Å². The molecule has 0 heterocycles. The Hall–Kier alpha value is -2.18. The van der Waals surface area contributed by atoms with Gasteiger partial charge in [-0.15, -0.1) is 0 Å². The molecular weight excluding hydrogens is 384 g/mol. The van der Waals surface area contributed by atoms with Crippen molar-refractivity contribution >= 4 is 15.9 Å². The molecule has 5 nitrogen and oxygen atoms in total. The van der Waals surface area contributed by atoms with Crippen molar-refractivity contribution in [1.82, 2.24) is 9.62 Å². The van der Waals surface area contributed by atoms with Gasteiger partial charge in [0.2, 0.25) is 15.9 Å². The molecule has 1 N–H and O–H groups in total. The minimum Gasteiger partial charge on any atom is -0.354 e. The number of aryl methyl sites for hydroxylation is 1. The van der Waals surface area contributed by atoms with E-state index in [2.05, 4.69) is 5.32 Å². The summed E-state index contributed by atoms with van der Waals surface area (Å²) in [6.07, 6.45) is 3.93. The molecule has 156 valence electrons. The van der Waals surface area contributed by atoms with E-state index in [-0.39, 0.29) is 18.0 Å². The zero-order valence-electron chi connectivity index (χ0n) is 17.2. The minimum absolute atomic E-state index is 0.0266. The van der Waals surface area contributed by atoms with Crippen molar-refractivity contribution in [3.8, 4) is 0 Å². The fourth-order valence-corrected chi connectivity index (χ4v) is 5.74. The van der Waals surface area contributed by atoms with Gasteiger partial charge in [0.1, 0.15) is 0 Å². The van der Waals surface area contributed by atoms with Crippen LogP contribution in [0.3, 0.4) is 0 Å². The highest BCUT2D eigenvalue weighted by Gasteiger charge is 2.34. The summed E-state index contributed by atoms with van der Waals surface area (Å²) in [6.45, 7) is 3.89. The maximum absolute atomic E-state index is 13.5. The van der Waals surface area contributed by atoms with Crippen LogP contribution in [0.15, 0.2) is 59.5 Å². The van der Waals surface area contributed by atoms with Crippen LogP contribution in [-0.4, -0.2) is 37.3 Å². The lowest BCUT2D eigenvalue weighted by Gasteiger charge is -2.37. The molecule has 6 heteroatoms. The van der Waals surface area contributed by atoms with Crippen LogP contribution in [-0.2, 0) is 21.2 Å². The molecule has 0 saturated heterocycles. The van der Waals surface area contributed by atoms with Crippen LogP contribution < -0.4 is 5.32 Å². The average molecular weight is 415 g/mol. The van der Waals surface area contributed by atoms with Gasteiger partial charge in [0.25, 0.3) is 0 Å². The maximum Gasteiger partial charge on any atom is 0.243 e. The molecule has 1 amide bonds. The number of nitrogens with one attached hydrogen (secondary N) is 1. The summed E-state index contributed by atoms with van der Waals surface area (Å²) in [4.78, 5) is 11.8. The van der Waals surface area contributed by atoms with Crippen LogP contribution in [0, 0.1) is 6.92 Å². The summed E-state index contributed by atoms with van der Waals surface area (Å²) in [6, 6.07) is 16.9. The molecule has 0 bridgehead atoms. The number of carbonyl (C=O) groups excluding carboxylic acids is 1. The first kappa shape index (κ1) is 21.5. The highest BCUT2D eigenvalue weighted by Crippen LogP contribution is 2.28. The van der Waals surface area contributed by atoms with Crippen molar-refractivity contribution in [2.24, 2.45) is 0 Å². The second kappa shape index (κ2) is 9.55. The van der Waals surface area contributed by atoms with Gasteiger partial charge in [-0.1, -0.05) is 48.0 Å². The zero-order chi connectivity index (χ0) is 20.9. The summed E-state index contributed by atoms with van der Waals surface area (Å²) in [7, 11) is -3.62. The smallest absolute Gasteiger partial charge is 0.243 e. The number of hydrogen-bond acceptors (Lipinski definition) is 3. The summed E-state index contributed by atoms with van der Waals surface area (Å²) >= 11 is 0. The van der Waals surface area contributed by atoms with E-state index in [9.17, 15) is 13.2 Å². The van der Waals surface area contributed by atoms with Crippen LogP contribution in [0.4, 0.5) is 0 Å². The number of hydrogen-bond donors (Lipinski definition) is 1. The predicted octanol–water partition coefficient (Wildman–Crippen LogP) is 3.68. The van der Waals surface area contributed by atoms with E-state index in [1.54, 1.807) is 16.4 Å². The van der Waals surface area contributed by atoms with Crippen molar-refractivity contribution < 1.29 is 13.2 Å². The van der Waals surface area contributed by atoms with Gasteiger partial charge in [0.15, 0.2) is 0 Å². The Morgan fingerprint density at radius 2 is 1.76 bits per heavy atom. The first-order valence-corrected chi connectivity index (χ1v) is 11.7. The number of benzene rings is 2. The highest BCUT2D eigenvalue weighted by atomic mass is 32.2. The normalized spacial score (nSPS) is 19.8. The summed E-state index contributed by atoms with van der Waals surface area (Å²) < 4.78 is 28.7. The number of sulfonamides is 1. The first-order valence-electron chi connectivity index (χ1n) is 10.3. The monoisotopic (exact) mass is 414 g/mol. The largest absolute Gasteiger partial charge is 0.354 e. The molecule has 29 heavy (non-hydrogen) atoms. The number of rotatable bonds is 7. The van der Waals surface area contributed by atoms with E-state index in [4.69, 9.17) is 0 Å². The van der Waals surface area contributed by atoms with E-state index in [1.807, 2.05) is 49.4 Å². The van der Waals surface area contributed by atoms with Crippen LogP contribution in [0.2, 0.25) is 0 Å². The Balaban J connectivity index is 1.86. The van der Waals surface area contributed by atoms with Crippen LogP contribution in [0.5, 0.6) is 0 Å². The van der Waals surface area contributed by atoms with Gasteiger partial charge in [0, 0.05) is 25.6 Å². The van der Waals surface area contributed by atoms with Gasteiger partial charge in [-0.25, -0.2) is 8.42 Å². The SMILES string of the molecule is CC(=O)N[C@@H]1CCC[C@H](N(CCc2ccccc2)S(=O)(=O)c2ccc(C)cc2)C1. The van der Waals surface area contributed by atoms with E-state index in [0.717, 1.165) is 30.4 Å². The third-order valence-electron chi connectivity index (χ3n) is 5.55. The van der Waals surface area contributed by atoms with Crippen molar-refractivity contribution in [1.29, 1.82) is 0 Å². The molecule has 1 aliphatic rings. The predicted molar refractivity (Wildman–Crippen MR) is 115 cm³/mol. The molecule has 0 radical (unpaired) electrons. The molecule has 0 aliphatic heterocycles. The van der Waals surface area contributed by atoms with Gasteiger partial charge in [0.05, 0.1) is 4.90 Å². The van der Waals surface area contributed by atoms with E-state index in [1.165, 1.54) is 6.92 Å². The highest BCUT2D eigenvalue weighted by molar-refractivity contribution is 7.89. The summed E-state index contributed by atoms with van der Waals surface area (Å²) in [5.74, 6) is -0.0622. The third-order valence-corrected chi connectivity index (χ3v) is 7.52. The second-order valence-corrected chi connectivity index (χ2v) is 9.77. The second-order valence-electron chi connectivity index (χ2n) is 7.88. The molecule has 1 saturated carbocycles. The lowest BCUT2D eigenvalue weighted by atomic mass is 9.90. The lowest BCUT2D eigenvalue weighted by molar-refractivity contribution is -0.119. The lowest BCUT2D eigenvalue weighted by Crippen LogP contribution is -2.48. The molecule has 3 rings (SSSR count). The molecule has 0 spiro atoms. The Bertz CT molecular complexity index is 911. The van der Waals surface area contributed by atoms with E-state index < -0.39 is 10.0 Å². The van der Waals surface area contributed by atoms with Gasteiger partial charge in [-0.2, -0.15) is 4.31 Å².